The minimum atomic E-state index is 0.0170. The smallest absolute Gasteiger partial charge is 0.225 e. The summed E-state index contributed by atoms with van der Waals surface area (Å²) >= 11 is 0. The molecule has 3 heterocycles. The molecule has 0 aliphatic carbocycles. The summed E-state index contributed by atoms with van der Waals surface area (Å²) in [5, 5.41) is 8.76. The number of morpholine rings is 1. The van der Waals surface area contributed by atoms with Crippen LogP contribution in [0.3, 0.4) is 0 Å². The first-order valence-electron chi connectivity index (χ1n) is 8.91. The van der Waals surface area contributed by atoms with Crippen molar-refractivity contribution < 1.29 is 9.53 Å². The zero-order chi connectivity index (χ0) is 17.2. The molecule has 2 aliphatic rings. The first-order valence-corrected chi connectivity index (χ1v) is 8.91. The Morgan fingerprint density at radius 3 is 2.29 bits per heavy atom. The maximum Gasteiger partial charge on any atom is 0.225 e. The number of nitrogens with zero attached hydrogens (tertiary/aromatic N) is 4. The predicted molar refractivity (Wildman–Crippen MR) is 93.1 cm³/mol. The Bertz CT molecular complexity index is 553. The minimum absolute atomic E-state index is 0.0170. The van der Waals surface area contributed by atoms with Crippen LogP contribution in [0, 0.1) is 5.92 Å². The molecule has 1 aromatic heterocycles. The number of carbonyl (C=O) groups is 1. The third-order valence-electron chi connectivity index (χ3n) is 4.91. The van der Waals surface area contributed by atoms with E-state index in [0.29, 0.717) is 19.1 Å². The lowest BCUT2D eigenvalue weighted by molar-refractivity contribution is -0.140. The van der Waals surface area contributed by atoms with Crippen molar-refractivity contribution in [2.45, 2.75) is 39.0 Å². The molecule has 0 unspecified atom stereocenters. The normalized spacial score (nSPS) is 20.3. The molecule has 0 saturated carbocycles. The highest BCUT2D eigenvalue weighted by Gasteiger charge is 2.30. The van der Waals surface area contributed by atoms with Gasteiger partial charge in [-0.3, -0.25) is 4.79 Å². The van der Waals surface area contributed by atoms with Crippen LogP contribution in [0.1, 0.15) is 39.3 Å². The Kier molecular flexibility index (Phi) is 5.04. The van der Waals surface area contributed by atoms with Crippen molar-refractivity contribution in [2.75, 3.05) is 44.3 Å². The summed E-state index contributed by atoms with van der Waals surface area (Å²) in [5.74, 6) is 1.36. The van der Waals surface area contributed by atoms with E-state index in [-0.39, 0.29) is 11.3 Å². The Hall–Kier alpha value is -1.69. The summed E-state index contributed by atoms with van der Waals surface area (Å²) in [7, 11) is 0. The lowest BCUT2D eigenvalue weighted by atomic mass is 9.92. The van der Waals surface area contributed by atoms with Crippen molar-refractivity contribution in [3.8, 4) is 0 Å². The van der Waals surface area contributed by atoms with Gasteiger partial charge in [-0.2, -0.15) is 5.10 Å². The van der Waals surface area contributed by atoms with Crippen LogP contribution in [0.15, 0.2) is 12.1 Å². The molecule has 2 fully saturated rings. The number of piperidine rings is 1. The monoisotopic (exact) mass is 332 g/mol. The fourth-order valence-corrected chi connectivity index (χ4v) is 3.29. The van der Waals surface area contributed by atoms with Gasteiger partial charge in [0.25, 0.3) is 0 Å². The van der Waals surface area contributed by atoms with Gasteiger partial charge in [0, 0.05) is 37.5 Å². The van der Waals surface area contributed by atoms with E-state index in [9.17, 15) is 4.79 Å². The third kappa shape index (κ3) is 3.86. The van der Waals surface area contributed by atoms with Gasteiger partial charge in [-0.15, -0.1) is 5.10 Å². The molecule has 0 spiro atoms. The van der Waals surface area contributed by atoms with E-state index < -0.39 is 0 Å². The van der Waals surface area contributed by atoms with Gasteiger partial charge in [0.2, 0.25) is 5.91 Å². The highest BCUT2D eigenvalue weighted by Crippen LogP contribution is 2.25. The predicted octanol–water partition coefficient (Wildman–Crippen LogP) is 1.85. The average molecular weight is 332 g/mol. The summed E-state index contributed by atoms with van der Waals surface area (Å²) in [6.07, 6.45) is 1.78. The van der Waals surface area contributed by atoms with Crippen LogP contribution in [-0.2, 0) is 14.9 Å². The van der Waals surface area contributed by atoms with E-state index in [4.69, 9.17) is 4.74 Å². The molecule has 3 rings (SSSR count). The van der Waals surface area contributed by atoms with E-state index in [0.717, 1.165) is 50.5 Å². The van der Waals surface area contributed by atoms with Gasteiger partial charge in [-0.25, -0.2) is 0 Å². The topological polar surface area (TPSA) is 58.6 Å². The number of hydrogen-bond acceptors (Lipinski definition) is 5. The van der Waals surface area contributed by atoms with Crippen LogP contribution in [-0.4, -0.2) is 60.4 Å². The Labute approximate surface area is 144 Å². The first-order chi connectivity index (χ1) is 11.4. The molecule has 1 aromatic rings. The second-order valence-corrected chi connectivity index (χ2v) is 7.73. The quantitative estimate of drug-likeness (QED) is 0.827. The van der Waals surface area contributed by atoms with Crippen LogP contribution in [0.2, 0.25) is 0 Å². The molecular weight excluding hydrogens is 304 g/mol. The fourth-order valence-electron chi connectivity index (χ4n) is 3.29. The maximum atomic E-state index is 12.6. The van der Waals surface area contributed by atoms with Gasteiger partial charge in [-0.05, 0) is 25.0 Å². The van der Waals surface area contributed by atoms with Crippen molar-refractivity contribution >= 4 is 11.7 Å². The van der Waals surface area contributed by atoms with Gasteiger partial charge in [0.1, 0.15) is 0 Å². The molecule has 0 N–H and O–H groups in total. The number of hydrogen-bond donors (Lipinski definition) is 0. The van der Waals surface area contributed by atoms with Crippen molar-refractivity contribution in [3.63, 3.8) is 0 Å². The zero-order valence-electron chi connectivity index (χ0n) is 15.0. The molecule has 0 atom stereocenters. The second kappa shape index (κ2) is 7.05. The molecule has 24 heavy (non-hydrogen) atoms. The van der Waals surface area contributed by atoms with E-state index in [1.54, 1.807) is 0 Å². The summed E-state index contributed by atoms with van der Waals surface area (Å²) < 4.78 is 5.33. The summed E-state index contributed by atoms with van der Waals surface area (Å²) in [6, 6.07) is 4.12. The maximum absolute atomic E-state index is 12.6. The van der Waals surface area contributed by atoms with Crippen molar-refractivity contribution in [3.05, 3.63) is 17.8 Å². The number of anilines is 1. The van der Waals surface area contributed by atoms with E-state index in [1.165, 1.54) is 0 Å². The molecule has 132 valence electrons. The molecular formula is C18H28N4O2. The summed E-state index contributed by atoms with van der Waals surface area (Å²) in [5.41, 5.74) is 1.02. The molecule has 2 saturated heterocycles. The molecule has 6 nitrogen and oxygen atoms in total. The van der Waals surface area contributed by atoms with Crippen LogP contribution in [0.25, 0.3) is 0 Å². The lowest BCUT2D eigenvalue weighted by Crippen LogP contribution is -2.47. The van der Waals surface area contributed by atoms with E-state index in [2.05, 4.69) is 48.0 Å². The second-order valence-electron chi connectivity index (χ2n) is 7.73. The van der Waals surface area contributed by atoms with Crippen LogP contribution < -0.4 is 4.90 Å². The molecule has 0 bridgehead atoms. The van der Waals surface area contributed by atoms with Crippen LogP contribution in [0.4, 0.5) is 5.82 Å². The first kappa shape index (κ1) is 17.1. The van der Waals surface area contributed by atoms with Crippen LogP contribution >= 0.6 is 0 Å². The Morgan fingerprint density at radius 2 is 1.75 bits per heavy atom. The molecule has 0 aromatic carbocycles. The zero-order valence-corrected chi connectivity index (χ0v) is 15.0. The molecule has 0 radical (unpaired) electrons. The Morgan fingerprint density at radius 1 is 1.08 bits per heavy atom. The number of carbonyl (C=O) groups excluding carboxylic acids is 1. The van der Waals surface area contributed by atoms with Gasteiger partial charge in [-0.1, -0.05) is 20.8 Å². The molecule has 1 amide bonds. The van der Waals surface area contributed by atoms with E-state index >= 15 is 0 Å². The standard InChI is InChI=1S/C18H28N4O2/c1-18(2,3)15-4-5-16(20-19-15)21-8-6-14(7-9-21)17(23)22-10-12-24-13-11-22/h4-5,14H,6-13H2,1-3H3. The highest BCUT2D eigenvalue weighted by atomic mass is 16.5. The number of ether oxygens (including phenoxy) is 1. The van der Waals surface area contributed by atoms with Crippen molar-refractivity contribution in [1.82, 2.24) is 15.1 Å². The number of aromatic nitrogens is 2. The molecule has 2 aliphatic heterocycles. The summed E-state index contributed by atoms with van der Waals surface area (Å²) in [4.78, 5) is 16.8. The van der Waals surface area contributed by atoms with Gasteiger partial charge in [0.05, 0.1) is 18.9 Å². The van der Waals surface area contributed by atoms with Gasteiger partial charge in [0.15, 0.2) is 5.82 Å². The third-order valence-corrected chi connectivity index (χ3v) is 4.91. The fraction of sp³-hybridized carbons (Fsp3) is 0.722. The lowest BCUT2D eigenvalue weighted by Gasteiger charge is -2.35. The van der Waals surface area contributed by atoms with E-state index in [1.807, 2.05) is 4.90 Å². The Balaban J connectivity index is 1.55. The highest BCUT2D eigenvalue weighted by molar-refractivity contribution is 5.79. The summed E-state index contributed by atoms with van der Waals surface area (Å²) in [6.45, 7) is 10.9. The average Bonchev–Trinajstić information content (AvgIpc) is 2.61. The number of rotatable bonds is 2. The SMILES string of the molecule is CC(C)(C)c1ccc(N2CCC(C(=O)N3CCOCC3)CC2)nn1. The van der Waals surface area contributed by atoms with Crippen molar-refractivity contribution in [2.24, 2.45) is 5.92 Å². The minimum Gasteiger partial charge on any atom is -0.378 e. The van der Waals surface area contributed by atoms with Gasteiger partial charge >= 0.3 is 0 Å². The number of amides is 1. The van der Waals surface area contributed by atoms with Gasteiger partial charge < -0.3 is 14.5 Å². The largest absolute Gasteiger partial charge is 0.378 e. The van der Waals surface area contributed by atoms with Crippen LogP contribution in [0.5, 0.6) is 0 Å². The van der Waals surface area contributed by atoms with Crippen molar-refractivity contribution in [1.29, 1.82) is 0 Å². The molecule has 6 heteroatoms.